The molecule has 0 saturated carbocycles. The number of anilines is 1. The number of nitrogens with zero attached hydrogens (tertiary/aromatic N) is 1. The Kier molecular flexibility index (Phi) is 4.43. The molecule has 0 saturated heterocycles. The van der Waals surface area contributed by atoms with Crippen LogP contribution in [0.2, 0.25) is 0 Å². The summed E-state index contributed by atoms with van der Waals surface area (Å²) >= 11 is 0. The maximum atomic E-state index is 7.61. The van der Waals surface area contributed by atoms with Crippen molar-refractivity contribution in [1.29, 1.82) is 5.41 Å². The van der Waals surface area contributed by atoms with E-state index in [0.717, 1.165) is 0 Å². The van der Waals surface area contributed by atoms with Crippen molar-refractivity contribution in [3.05, 3.63) is 53.8 Å². The van der Waals surface area contributed by atoms with E-state index in [1.165, 1.54) is 23.0 Å². The lowest BCUT2D eigenvalue weighted by Crippen LogP contribution is -2.32. The molecule has 1 aromatic rings. The number of hydrogen-bond acceptors (Lipinski definition) is 2. The zero-order valence-corrected chi connectivity index (χ0v) is 12.8. The minimum atomic E-state index is 0.0161. The Labute approximate surface area is 122 Å². The molecule has 0 amide bonds. The molecule has 1 unspecified atom stereocenters. The third-order valence-corrected chi connectivity index (χ3v) is 3.78. The second-order valence-corrected chi connectivity index (χ2v) is 5.92. The molecule has 0 radical (unpaired) electrons. The predicted octanol–water partition coefficient (Wildman–Crippen LogP) is 4.84. The predicted molar refractivity (Wildman–Crippen MR) is 88.0 cm³/mol. The first-order valence-electron chi connectivity index (χ1n) is 7.32. The molecule has 20 heavy (non-hydrogen) atoms. The van der Waals surface area contributed by atoms with Crippen LogP contribution in [0.5, 0.6) is 0 Å². The average Bonchev–Trinajstić information content (AvgIpc) is 2.46. The molecule has 1 heterocycles. The maximum absolute atomic E-state index is 7.61. The van der Waals surface area contributed by atoms with Crippen molar-refractivity contribution in [1.82, 2.24) is 0 Å². The summed E-state index contributed by atoms with van der Waals surface area (Å²) in [5.74, 6) is 1.01. The largest absolute Gasteiger partial charge is 0.336 e. The molecule has 1 aromatic carbocycles. The highest BCUT2D eigenvalue weighted by Crippen LogP contribution is 2.32. The first-order chi connectivity index (χ1) is 9.54. The zero-order valence-electron chi connectivity index (χ0n) is 12.8. The molecule has 0 spiro atoms. The highest BCUT2D eigenvalue weighted by molar-refractivity contribution is 5.75. The van der Waals surface area contributed by atoms with Gasteiger partial charge in [-0.25, -0.2) is 0 Å². The van der Waals surface area contributed by atoms with Crippen LogP contribution >= 0.6 is 0 Å². The second-order valence-electron chi connectivity index (χ2n) is 5.92. The molecule has 1 aliphatic rings. The molecule has 1 aliphatic heterocycles. The first kappa shape index (κ1) is 14.6. The van der Waals surface area contributed by atoms with Gasteiger partial charge in [-0.2, -0.15) is 0 Å². The van der Waals surface area contributed by atoms with Crippen molar-refractivity contribution in [2.75, 3.05) is 4.90 Å². The van der Waals surface area contributed by atoms with Gasteiger partial charge in [0.1, 0.15) is 0 Å². The molecule has 0 fully saturated rings. The molecule has 0 aromatic heterocycles. The highest BCUT2D eigenvalue weighted by atomic mass is 15.1. The van der Waals surface area contributed by atoms with E-state index in [1.807, 2.05) is 18.2 Å². The number of allylic oxidation sites excluding steroid dienone is 2. The molecular weight excluding hydrogens is 244 g/mol. The third kappa shape index (κ3) is 2.84. The minimum absolute atomic E-state index is 0.0161. The van der Waals surface area contributed by atoms with Gasteiger partial charge in [0.15, 0.2) is 0 Å². The normalized spacial score (nSPS) is 18.1. The first-order valence-corrected chi connectivity index (χ1v) is 7.32. The van der Waals surface area contributed by atoms with Gasteiger partial charge in [0.2, 0.25) is 0 Å². The van der Waals surface area contributed by atoms with Crippen LogP contribution in [0.15, 0.2) is 42.6 Å². The summed E-state index contributed by atoms with van der Waals surface area (Å²) in [6.45, 7) is 8.91. The van der Waals surface area contributed by atoms with E-state index < -0.39 is 0 Å². The van der Waals surface area contributed by atoms with Gasteiger partial charge in [-0.3, -0.25) is 0 Å². The van der Waals surface area contributed by atoms with Crippen molar-refractivity contribution >= 4 is 11.9 Å². The molecule has 2 rings (SSSR count). The van der Waals surface area contributed by atoms with Crippen molar-refractivity contribution in [3.63, 3.8) is 0 Å². The van der Waals surface area contributed by atoms with E-state index >= 15 is 0 Å². The molecule has 0 bridgehead atoms. The van der Waals surface area contributed by atoms with E-state index in [-0.39, 0.29) is 6.04 Å². The molecule has 106 valence electrons. The smallest absolute Gasteiger partial charge is 0.0867 e. The van der Waals surface area contributed by atoms with Crippen molar-refractivity contribution in [3.8, 4) is 0 Å². The Bertz CT molecular complexity index is 538. The van der Waals surface area contributed by atoms with Crippen molar-refractivity contribution in [2.24, 2.45) is 0 Å². The van der Waals surface area contributed by atoms with Crippen molar-refractivity contribution in [2.45, 2.75) is 45.6 Å². The van der Waals surface area contributed by atoms with E-state index in [2.05, 4.69) is 57.0 Å². The van der Waals surface area contributed by atoms with Crippen LogP contribution in [0.25, 0.3) is 0 Å². The maximum Gasteiger partial charge on any atom is 0.0867 e. The van der Waals surface area contributed by atoms with Gasteiger partial charge in [0.25, 0.3) is 0 Å². The molecule has 2 nitrogen and oxygen atoms in total. The van der Waals surface area contributed by atoms with Crippen molar-refractivity contribution < 1.29 is 0 Å². The quantitative estimate of drug-likeness (QED) is 0.777. The number of benzene rings is 1. The Balaban J connectivity index is 2.47. The number of rotatable bonds is 4. The van der Waals surface area contributed by atoms with Gasteiger partial charge in [0.05, 0.1) is 6.04 Å². The van der Waals surface area contributed by atoms with Gasteiger partial charge < -0.3 is 10.3 Å². The lowest BCUT2D eigenvalue weighted by Gasteiger charge is -2.31. The summed E-state index contributed by atoms with van der Waals surface area (Å²) in [7, 11) is 0. The third-order valence-electron chi connectivity index (χ3n) is 3.78. The van der Waals surface area contributed by atoms with Gasteiger partial charge in [-0.15, -0.1) is 0 Å². The Morgan fingerprint density at radius 3 is 2.45 bits per heavy atom. The van der Waals surface area contributed by atoms with Gasteiger partial charge in [-0.1, -0.05) is 52.0 Å². The van der Waals surface area contributed by atoms with Crippen LogP contribution < -0.4 is 4.90 Å². The monoisotopic (exact) mass is 268 g/mol. The second kappa shape index (κ2) is 6.08. The molecular formula is C18H24N2. The van der Waals surface area contributed by atoms with Crippen LogP contribution in [0.1, 0.15) is 50.7 Å². The highest BCUT2D eigenvalue weighted by Gasteiger charge is 2.19. The Hall–Kier alpha value is -1.83. The summed E-state index contributed by atoms with van der Waals surface area (Å²) in [5, 5.41) is 7.61. The fourth-order valence-electron chi connectivity index (χ4n) is 2.52. The molecule has 1 atom stereocenters. The lowest BCUT2D eigenvalue weighted by molar-refractivity contribution is 0.823. The summed E-state index contributed by atoms with van der Waals surface area (Å²) in [5.41, 5.74) is 3.93. The van der Waals surface area contributed by atoms with Gasteiger partial charge in [-0.05, 0) is 35.1 Å². The number of nitrogens with one attached hydrogen (secondary N) is 1. The molecule has 2 heteroatoms. The minimum Gasteiger partial charge on any atom is -0.336 e. The summed E-state index contributed by atoms with van der Waals surface area (Å²) in [4.78, 5) is 2.17. The van der Waals surface area contributed by atoms with Crippen LogP contribution in [0.4, 0.5) is 5.69 Å². The van der Waals surface area contributed by atoms with E-state index in [9.17, 15) is 0 Å². The summed E-state index contributed by atoms with van der Waals surface area (Å²) < 4.78 is 0. The van der Waals surface area contributed by atoms with E-state index in [1.54, 1.807) is 0 Å². The molecule has 1 N–H and O–H groups in total. The van der Waals surface area contributed by atoms with Crippen LogP contribution in [-0.2, 0) is 0 Å². The Morgan fingerprint density at radius 2 is 1.85 bits per heavy atom. The summed E-state index contributed by atoms with van der Waals surface area (Å²) in [6.07, 6.45) is 9.63. The van der Waals surface area contributed by atoms with E-state index in [4.69, 9.17) is 5.41 Å². The fraction of sp³-hybridized carbons (Fsp3) is 0.389. The van der Waals surface area contributed by atoms with Gasteiger partial charge in [0, 0.05) is 18.1 Å². The fourth-order valence-corrected chi connectivity index (χ4v) is 2.52. The van der Waals surface area contributed by atoms with E-state index in [0.29, 0.717) is 11.8 Å². The van der Waals surface area contributed by atoms with Crippen LogP contribution in [0.3, 0.4) is 0 Å². The van der Waals surface area contributed by atoms with Crippen LogP contribution in [-0.4, -0.2) is 12.3 Å². The van der Waals surface area contributed by atoms with Gasteiger partial charge >= 0.3 is 0 Å². The average molecular weight is 268 g/mol. The summed E-state index contributed by atoms with van der Waals surface area (Å²) in [6, 6.07) is 6.74. The van der Waals surface area contributed by atoms with Crippen LogP contribution in [0, 0.1) is 5.41 Å². The lowest BCUT2D eigenvalue weighted by atomic mass is 9.93. The Morgan fingerprint density at radius 1 is 1.10 bits per heavy atom. The standard InChI is InChI=1S/C18H24N2/c1-13(2)15-8-9-18(17(11-15)14(3)4)20-10-6-5-7-16(20)12-19/h5-14,16,19H,1-4H3. The number of hydrogen-bond donors (Lipinski definition) is 1. The zero-order chi connectivity index (χ0) is 14.7. The topological polar surface area (TPSA) is 27.1 Å². The SMILES string of the molecule is CC(C)c1ccc(N2C=CC=CC2C=N)c(C(C)C)c1. The molecule has 0 aliphatic carbocycles.